The first-order chi connectivity index (χ1) is 7.55. The van der Waals surface area contributed by atoms with Crippen molar-refractivity contribution in [2.24, 2.45) is 22.7 Å². The van der Waals surface area contributed by atoms with Gasteiger partial charge in [0, 0.05) is 11.8 Å². The van der Waals surface area contributed by atoms with Crippen molar-refractivity contribution in [2.45, 2.75) is 65.2 Å². The molecule has 1 nitrogen and oxygen atoms in total. The van der Waals surface area contributed by atoms with Gasteiger partial charge in [-0.2, -0.15) is 0 Å². The maximum absolute atomic E-state index is 12.4. The van der Waals surface area contributed by atoms with Gasteiger partial charge < -0.3 is 0 Å². The van der Waals surface area contributed by atoms with Crippen LogP contribution in [0, 0.1) is 22.7 Å². The van der Waals surface area contributed by atoms with Gasteiger partial charge in [-0.25, -0.2) is 0 Å². The highest BCUT2D eigenvalue weighted by atomic mass is 16.1. The van der Waals surface area contributed by atoms with Crippen molar-refractivity contribution in [1.29, 1.82) is 0 Å². The highest BCUT2D eigenvalue weighted by Gasteiger charge is 2.65. The summed E-state index contributed by atoms with van der Waals surface area (Å²) < 4.78 is 0. The number of hydrogen-bond donors (Lipinski definition) is 0. The zero-order chi connectivity index (χ0) is 11.4. The lowest BCUT2D eigenvalue weighted by atomic mass is 9.70. The summed E-state index contributed by atoms with van der Waals surface area (Å²) in [7, 11) is 0. The van der Waals surface area contributed by atoms with Crippen molar-refractivity contribution in [3.8, 4) is 0 Å². The highest BCUT2D eigenvalue weighted by molar-refractivity contribution is 5.88. The fourth-order valence-electron chi connectivity index (χ4n) is 4.08. The molecule has 16 heavy (non-hydrogen) atoms. The van der Waals surface area contributed by atoms with Crippen LogP contribution in [0.5, 0.6) is 0 Å². The largest absolute Gasteiger partial charge is 0.299 e. The van der Waals surface area contributed by atoms with Crippen LogP contribution in [-0.2, 0) is 4.79 Å². The first-order valence-corrected chi connectivity index (χ1v) is 7.08. The molecule has 0 radical (unpaired) electrons. The molecule has 0 amide bonds. The fraction of sp³-hybridized carbons (Fsp3) is 0.933. The third-order valence-electron chi connectivity index (χ3n) is 5.49. The minimum Gasteiger partial charge on any atom is -0.299 e. The second-order valence-corrected chi connectivity index (χ2v) is 7.16. The summed E-state index contributed by atoms with van der Waals surface area (Å²) >= 11 is 0. The molecule has 0 saturated heterocycles. The number of fused-ring (bicyclic) bond motifs is 1. The van der Waals surface area contributed by atoms with Crippen LogP contribution in [-0.4, -0.2) is 5.78 Å². The molecule has 0 aromatic rings. The summed E-state index contributed by atoms with van der Waals surface area (Å²) in [5, 5.41) is 0. The van der Waals surface area contributed by atoms with Crippen LogP contribution in [0.4, 0.5) is 0 Å². The summed E-state index contributed by atoms with van der Waals surface area (Å²) in [6.45, 7) is 4.74. The molecule has 2 atom stereocenters. The molecule has 90 valence electrons. The van der Waals surface area contributed by atoms with Crippen LogP contribution in [0.3, 0.4) is 0 Å². The van der Waals surface area contributed by atoms with Gasteiger partial charge in [-0.15, -0.1) is 0 Å². The van der Waals surface area contributed by atoms with Crippen LogP contribution in [0.25, 0.3) is 0 Å². The average Bonchev–Trinajstić information content (AvgIpc) is 3.08. The number of carbonyl (C=O) groups excluding carboxylic acids is 1. The van der Waals surface area contributed by atoms with E-state index in [1.165, 1.54) is 44.9 Å². The number of Topliss-reactive ketones (excluding diaryl/α,β-unsaturated/α-hetero) is 1. The van der Waals surface area contributed by atoms with Crippen molar-refractivity contribution in [3.63, 3.8) is 0 Å². The van der Waals surface area contributed by atoms with E-state index in [0.717, 1.165) is 18.3 Å². The van der Waals surface area contributed by atoms with E-state index in [2.05, 4.69) is 13.8 Å². The molecule has 1 heteroatoms. The topological polar surface area (TPSA) is 17.1 Å². The van der Waals surface area contributed by atoms with E-state index in [1.807, 2.05) is 0 Å². The van der Waals surface area contributed by atoms with Crippen LogP contribution in [0.2, 0.25) is 0 Å². The van der Waals surface area contributed by atoms with E-state index in [9.17, 15) is 4.79 Å². The third kappa shape index (κ3) is 1.63. The van der Waals surface area contributed by atoms with Crippen LogP contribution in [0.15, 0.2) is 0 Å². The van der Waals surface area contributed by atoms with E-state index < -0.39 is 0 Å². The van der Waals surface area contributed by atoms with Gasteiger partial charge >= 0.3 is 0 Å². The molecule has 0 N–H and O–H groups in total. The number of hydrogen-bond acceptors (Lipinski definition) is 1. The zero-order valence-corrected chi connectivity index (χ0v) is 10.7. The van der Waals surface area contributed by atoms with Crippen molar-refractivity contribution < 1.29 is 4.79 Å². The fourth-order valence-corrected chi connectivity index (χ4v) is 4.08. The Bertz CT molecular complexity index is 313. The molecule has 3 aliphatic carbocycles. The van der Waals surface area contributed by atoms with Gasteiger partial charge in [-0.3, -0.25) is 4.79 Å². The average molecular weight is 220 g/mol. The monoisotopic (exact) mass is 220 g/mol. The van der Waals surface area contributed by atoms with Gasteiger partial charge in [0.25, 0.3) is 0 Å². The second kappa shape index (κ2) is 3.34. The Morgan fingerprint density at radius 3 is 2.69 bits per heavy atom. The van der Waals surface area contributed by atoms with E-state index in [4.69, 9.17) is 0 Å². The molecule has 0 spiro atoms. The summed E-state index contributed by atoms with van der Waals surface area (Å²) in [6.07, 6.45) is 9.86. The molecule has 2 unspecified atom stereocenters. The molecule has 0 heterocycles. The van der Waals surface area contributed by atoms with E-state index in [0.29, 0.717) is 11.2 Å². The third-order valence-corrected chi connectivity index (χ3v) is 5.49. The molecule has 3 fully saturated rings. The van der Waals surface area contributed by atoms with Crippen molar-refractivity contribution in [3.05, 3.63) is 0 Å². The normalized spacial score (nSPS) is 40.2. The molecule has 0 aromatic carbocycles. The number of ketones is 1. The predicted molar refractivity (Wildman–Crippen MR) is 65.1 cm³/mol. The second-order valence-electron chi connectivity index (χ2n) is 7.16. The van der Waals surface area contributed by atoms with Gasteiger partial charge in [0.1, 0.15) is 5.78 Å². The SMILES string of the molecule is CC1(C)CCCC2(C(=O)CCC3CC3)CC12. The van der Waals surface area contributed by atoms with Gasteiger partial charge in [-0.05, 0) is 42.9 Å². The summed E-state index contributed by atoms with van der Waals surface area (Å²) in [5.74, 6) is 2.26. The van der Waals surface area contributed by atoms with Gasteiger partial charge in [-0.1, -0.05) is 33.1 Å². The van der Waals surface area contributed by atoms with Crippen LogP contribution >= 0.6 is 0 Å². The smallest absolute Gasteiger partial charge is 0.139 e. The molecular formula is C15H24O. The Kier molecular flexibility index (Phi) is 2.25. The zero-order valence-electron chi connectivity index (χ0n) is 10.7. The minimum atomic E-state index is 0.163. The lowest BCUT2D eigenvalue weighted by Crippen LogP contribution is -2.30. The van der Waals surface area contributed by atoms with Crippen molar-refractivity contribution in [1.82, 2.24) is 0 Å². The molecule has 3 aliphatic rings. The standard InChI is InChI=1S/C15H24O/c1-14(2)8-3-9-15(10-12(14)15)13(16)7-6-11-4-5-11/h11-12H,3-10H2,1-2H3. The summed E-state index contributed by atoms with van der Waals surface area (Å²) in [6, 6.07) is 0. The maximum atomic E-state index is 12.4. The van der Waals surface area contributed by atoms with Gasteiger partial charge in [0.05, 0.1) is 0 Å². The molecular weight excluding hydrogens is 196 g/mol. The van der Waals surface area contributed by atoms with Crippen LogP contribution in [0.1, 0.15) is 65.2 Å². The van der Waals surface area contributed by atoms with Crippen molar-refractivity contribution >= 4 is 5.78 Å². The number of carbonyl (C=O) groups is 1. The Labute approximate surface area is 99.0 Å². The Morgan fingerprint density at radius 1 is 1.25 bits per heavy atom. The summed E-state index contributed by atoms with van der Waals surface area (Å²) in [4.78, 5) is 12.4. The Hall–Kier alpha value is -0.330. The molecule has 0 aromatic heterocycles. The van der Waals surface area contributed by atoms with E-state index in [-0.39, 0.29) is 5.41 Å². The quantitative estimate of drug-likeness (QED) is 0.701. The summed E-state index contributed by atoms with van der Waals surface area (Å²) in [5.41, 5.74) is 0.601. The van der Waals surface area contributed by atoms with Crippen LogP contribution < -0.4 is 0 Å². The Morgan fingerprint density at radius 2 is 2.00 bits per heavy atom. The van der Waals surface area contributed by atoms with Crippen molar-refractivity contribution in [2.75, 3.05) is 0 Å². The lowest BCUT2D eigenvalue weighted by molar-refractivity contribution is -0.126. The molecule has 3 saturated carbocycles. The predicted octanol–water partition coefficient (Wildman–Crippen LogP) is 3.96. The highest BCUT2D eigenvalue weighted by Crippen LogP contribution is 2.68. The lowest BCUT2D eigenvalue weighted by Gasteiger charge is -2.33. The molecule has 3 rings (SSSR count). The maximum Gasteiger partial charge on any atom is 0.139 e. The van der Waals surface area contributed by atoms with Gasteiger partial charge in [0.2, 0.25) is 0 Å². The van der Waals surface area contributed by atoms with E-state index >= 15 is 0 Å². The number of rotatable bonds is 4. The first-order valence-electron chi connectivity index (χ1n) is 7.08. The minimum absolute atomic E-state index is 0.163. The molecule has 0 bridgehead atoms. The molecule has 0 aliphatic heterocycles. The first kappa shape index (κ1) is 10.8. The van der Waals surface area contributed by atoms with E-state index in [1.54, 1.807) is 0 Å². The Balaban J connectivity index is 1.63. The van der Waals surface area contributed by atoms with Gasteiger partial charge in [0.15, 0.2) is 0 Å².